The Morgan fingerprint density at radius 3 is 2.56 bits per heavy atom. The van der Waals surface area contributed by atoms with Crippen LogP contribution in [-0.4, -0.2) is 59.3 Å². The van der Waals surface area contributed by atoms with E-state index in [0.717, 1.165) is 25.2 Å². The molecule has 27 heavy (non-hydrogen) atoms. The van der Waals surface area contributed by atoms with E-state index in [1.807, 2.05) is 4.90 Å². The predicted octanol–water partition coefficient (Wildman–Crippen LogP) is 1.94. The number of benzene rings is 1. The molecule has 3 rings (SSSR count). The molecule has 1 saturated heterocycles. The summed E-state index contributed by atoms with van der Waals surface area (Å²) in [4.78, 5) is 12.4. The summed E-state index contributed by atoms with van der Waals surface area (Å²) in [5.41, 5.74) is 5.95. The van der Waals surface area contributed by atoms with Crippen LogP contribution in [0, 0.1) is 0 Å². The molecule has 0 aliphatic carbocycles. The Bertz CT molecular complexity index is 778. The number of rotatable bonds is 5. The van der Waals surface area contributed by atoms with Gasteiger partial charge in [0, 0.05) is 38.4 Å². The summed E-state index contributed by atoms with van der Waals surface area (Å²) < 4.78 is 38.6. The average molecular weight is 382 g/mol. The van der Waals surface area contributed by atoms with Crippen molar-refractivity contribution in [3.05, 3.63) is 36.2 Å². The minimum Gasteiger partial charge on any atom is -0.395 e. The summed E-state index contributed by atoms with van der Waals surface area (Å²) in [6.07, 6.45) is -3.09. The largest absolute Gasteiger partial charge is 0.416 e. The normalized spacial score (nSPS) is 15.8. The highest BCUT2D eigenvalue weighted by Gasteiger charge is 2.30. The number of nitrogens with one attached hydrogen (secondary N) is 1. The molecule has 2 aromatic rings. The lowest BCUT2D eigenvalue weighted by molar-refractivity contribution is -0.137. The molecule has 0 atom stereocenters. The molecule has 10 heteroatoms. The van der Waals surface area contributed by atoms with E-state index in [9.17, 15) is 13.2 Å². The van der Waals surface area contributed by atoms with Gasteiger partial charge in [-0.2, -0.15) is 13.2 Å². The van der Waals surface area contributed by atoms with Crippen LogP contribution in [0.15, 0.2) is 30.6 Å². The highest BCUT2D eigenvalue weighted by Crippen LogP contribution is 2.33. The number of nitrogens with two attached hydrogens (primary N) is 1. The lowest BCUT2D eigenvalue weighted by Gasteiger charge is -2.35. The van der Waals surface area contributed by atoms with Crippen molar-refractivity contribution in [2.75, 3.05) is 55.3 Å². The zero-order valence-corrected chi connectivity index (χ0v) is 14.6. The molecule has 1 fully saturated rings. The van der Waals surface area contributed by atoms with E-state index in [-0.39, 0.29) is 23.8 Å². The van der Waals surface area contributed by atoms with Gasteiger partial charge in [-0.1, -0.05) is 6.07 Å². The number of nitrogen functional groups attached to an aromatic ring is 1. The molecule has 7 nitrogen and oxygen atoms in total. The van der Waals surface area contributed by atoms with Crippen LogP contribution in [-0.2, 0) is 6.18 Å². The third-order valence-electron chi connectivity index (χ3n) is 4.40. The van der Waals surface area contributed by atoms with E-state index in [1.165, 1.54) is 18.5 Å². The number of aliphatic hydroxyl groups is 1. The second kappa shape index (κ2) is 7.97. The van der Waals surface area contributed by atoms with Crippen LogP contribution in [0.2, 0.25) is 0 Å². The second-order valence-electron chi connectivity index (χ2n) is 6.22. The fourth-order valence-corrected chi connectivity index (χ4v) is 2.97. The van der Waals surface area contributed by atoms with Crippen molar-refractivity contribution in [1.29, 1.82) is 0 Å². The summed E-state index contributed by atoms with van der Waals surface area (Å²) in [7, 11) is 0. The average Bonchev–Trinajstić information content (AvgIpc) is 2.64. The minimum atomic E-state index is -4.42. The fourth-order valence-electron chi connectivity index (χ4n) is 2.97. The van der Waals surface area contributed by atoms with Crippen molar-refractivity contribution < 1.29 is 18.3 Å². The Kier molecular flexibility index (Phi) is 5.66. The number of hydrogen-bond acceptors (Lipinski definition) is 7. The standard InChI is InChI=1S/C17H21F3N6O/c18-17(19,20)12-2-1-3-13(10-12)24-15-14(21)16(23-11-22-15)26-6-4-25(5-7-26)8-9-27/h1-3,10-11,27H,4-9,21H2,(H,22,23,24). The molecule has 0 amide bonds. The van der Waals surface area contributed by atoms with Gasteiger partial charge in [-0.25, -0.2) is 9.97 Å². The van der Waals surface area contributed by atoms with Gasteiger partial charge in [-0.15, -0.1) is 0 Å². The Labute approximate surface area is 154 Å². The third-order valence-corrected chi connectivity index (χ3v) is 4.40. The first kappa shape index (κ1) is 19.2. The molecule has 146 valence electrons. The van der Waals surface area contributed by atoms with Gasteiger partial charge in [0.05, 0.1) is 12.2 Å². The van der Waals surface area contributed by atoms with Crippen molar-refractivity contribution in [2.45, 2.75) is 6.18 Å². The Balaban J connectivity index is 1.76. The smallest absolute Gasteiger partial charge is 0.395 e. The lowest BCUT2D eigenvalue weighted by atomic mass is 10.2. The number of aromatic nitrogens is 2. The molecular formula is C17H21F3N6O. The van der Waals surface area contributed by atoms with Crippen LogP contribution in [0.1, 0.15) is 5.56 Å². The van der Waals surface area contributed by atoms with Crippen LogP contribution < -0.4 is 16.0 Å². The first-order valence-corrected chi connectivity index (χ1v) is 8.51. The molecule has 1 aromatic carbocycles. The van der Waals surface area contributed by atoms with Crippen LogP contribution in [0.25, 0.3) is 0 Å². The SMILES string of the molecule is Nc1c(Nc2cccc(C(F)(F)F)c2)ncnc1N1CCN(CCO)CC1. The van der Waals surface area contributed by atoms with E-state index < -0.39 is 11.7 Å². The van der Waals surface area contributed by atoms with Crippen molar-refractivity contribution in [3.8, 4) is 0 Å². The van der Waals surface area contributed by atoms with Gasteiger partial charge >= 0.3 is 6.18 Å². The number of alkyl halides is 3. The number of aliphatic hydroxyl groups excluding tert-OH is 1. The van der Waals surface area contributed by atoms with Gasteiger partial charge in [0.25, 0.3) is 0 Å². The molecule has 0 saturated carbocycles. The van der Waals surface area contributed by atoms with Gasteiger partial charge in [-0.05, 0) is 18.2 Å². The summed E-state index contributed by atoms with van der Waals surface area (Å²) in [5.74, 6) is 0.806. The highest BCUT2D eigenvalue weighted by molar-refractivity contribution is 5.78. The number of hydrogen-bond donors (Lipinski definition) is 3. The first-order valence-electron chi connectivity index (χ1n) is 8.51. The Hall–Kier alpha value is -2.59. The maximum Gasteiger partial charge on any atom is 0.416 e. The number of piperazine rings is 1. The minimum absolute atomic E-state index is 0.112. The monoisotopic (exact) mass is 382 g/mol. The van der Waals surface area contributed by atoms with Crippen LogP contribution in [0.4, 0.5) is 36.2 Å². The zero-order chi connectivity index (χ0) is 19.4. The van der Waals surface area contributed by atoms with E-state index in [4.69, 9.17) is 10.8 Å². The Morgan fingerprint density at radius 2 is 1.89 bits per heavy atom. The number of β-amino-alcohol motifs (C(OH)–C–C–N with tert-alkyl or cyclic N) is 1. The van der Waals surface area contributed by atoms with Gasteiger partial charge in [0.1, 0.15) is 12.0 Å². The maximum absolute atomic E-state index is 12.9. The summed E-state index contributed by atoms with van der Waals surface area (Å²) in [6, 6.07) is 4.86. The summed E-state index contributed by atoms with van der Waals surface area (Å²) in [6.45, 7) is 3.63. The topological polar surface area (TPSA) is 90.5 Å². The molecular weight excluding hydrogens is 361 g/mol. The molecule has 0 spiro atoms. The zero-order valence-electron chi connectivity index (χ0n) is 14.6. The van der Waals surface area contributed by atoms with Gasteiger partial charge in [0.2, 0.25) is 0 Å². The van der Waals surface area contributed by atoms with Crippen molar-refractivity contribution >= 4 is 23.0 Å². The van der Waals surface area contributed by atoms with Crippen LogP contribution in [0.3, 0.4) is 0 Å². The molecule has 4 N–H and O–H groups in total. The number of halogens is 3. The van der Waals surface area contributed by atoms with E-state index in [1.54, 1.807) is 0 Å². The van der Waals surface area contributed by atoms with Crippen LogP contribution >= 0.6 is 0 Å². The third kappa shape index (κ3) is 4.58. The number of anilines is 4. The van der Waals surface area contributed by atoms with E-state index >= 15 is 0 Å². The van der Waals surface area contributed by atoms with Crippen molar-refractivity contribution in [1.82, 2.24) is 14.9 Å². The maximum atomic E-state index is 12.9. The molecule has 0 radical (unpaired) electrons. The Morgan fingerprint density at radius 1 is 1.15 bits per heavy atom. The van der Waals surface area contributed by atoms with Crippen LogP contribution in [0.5, 0.6) is 0 Å². The summed E-state index contributed by atoms with van der Waals surface area (Å²) >= 11 is 0. The highest BCUT2D eigenvalue weighted by atomic mass is 19.4. The molecule has 0 bridgehead atoms. The van der Waals surface area contributed by atoms with Gasteiger partial charge in [-0.3, -0.25) is 4.90 Å². The van der Waals surface area contributed by atoms with Gasteiger partial charge in [0.15, 0.2) is 11.6 Å². The molecule has 1 aromatic heterocycles. The fraction of sp³-hybridized carbons (Fsp3) is 0.412. The number of nitrogens with zero attached hydrogens (tertiary/aromatic N) is 4. The van der Waals surface area contributed by atoms with E-state index in [0.29, 0.717) is 25.5 Å². The molecule has 2 heterocycles. The predicted molar refractivity (Wildman–Crippen MR) is 96.9 cm³/mol. The quantitative estimate of drug-likeness (QED) is 0.728. The molecule has 1 aliphatic rings. The van der Waals surface area contributed by atoms with Crippen molar-refractivity contribution in [3.63, 3.8) is 0 Å². The first-order chi connectivity index (χ1) is 12.9. The summed E-state index contributed by atoms with van der Waals surface area (Å²) in [5, 5.41) is 11.9. The van der Waals surface area contributed by atoms with E-state index in [2.05, 4.69) is 20.2 Å². The lowest BCUT2D eigenvalue weighted by Crippen LogP contribution is -2.47. The van der Waals surface area contributed by atoms with Gasteiger partial charge < -0.3 is 21.1 Å². The molecule has 0 unspecified atom stereocenters. The molecule has 1 aliphatic heterocycles. The van der Waals surface area contributed by atoms with Crippen molar-refractivity contribution in [2.24, 2.45) is 0 Å². The second-order valence-corrected chi connectivity index (χ2v) is 6.22.